The van der Waals surface area contributed by atoms with E-state index in [9.17, 15) is 13.2 Å². The SMILES string of the molecule is FC(F)(F)c1ccc(N=Nc2ccc(NNc3ccc(NNc4ccc(N5CCCC5)s4)c4ccccc34)c3ccccc23)cc1. The molecule has 46 heavy (non-hydrogen) atoms. The maximum absolute atomic E-state index is 12.9. The van der Waals surface area contributed by atoms with Crippen molar-refractivity contribution < 1.29 is 13.2 Å². The summed E-state index contributed by atoms with van der Waals surface area (Å²) in [6.07, 6.45) is -1.89. The number of nitrogens with one attached hydrogen (secondary N) is 4. The summed E-state index contributed by atoms with van der Waals surface area (Å²) in [5, 5.41) is 14.7. The van der Waals surface area contributed by atoms with Gasteiger partial charge < -0.3 is 15.8 Å². The van der Waals surface area contributed by atoms with Crippen LogP contribution in [0.5, 0.6) is 0 Å². The summed E-state index contributed by atoms with van der Waals surface area (Å²) in [5.74, 6) is 0. The zero-order valence-electron chi connectivity index (χ0n) is 24.6. The summed E-state index contributed by atoms with van der Waals surface area (Å²) in [5.41, 5.74) is 16.4. The molecule has 1 fully saturated rings. The van der Waals surface area contributed by atoms with Crippen LogP contribution in [0.15, 0.2) is 119 Å². The number of alkyl halides is 3. The Kier molecular flexibility index (Phi) is 8.06. The van der Waals surface area contributed by atoms with Gasteiger partial charge >= 0.3 is 6.18 Å². The summed E-state index contributed by atoms with van der Waals surface area (Å²) >= 11 is 1.75. The molecule has 0 saturated carbocycles. The normalized spacial score (nSPS) is 13.5. The molecule has 1 aliphatic heterocycles. The van der Waals surface area contributed by atoms with Crippen LogP contribution in [0.25, 0.3) is 21.5 Å². The van der Waals surface area contributed by atoms with Crippen molar-refractivity contribution in [2.24, 2.45) is 10.2 Å². The van der Waals surface area contributed by atoms with E-state index in [-0.39, 0.29) is 0 Å². The minimum Gasteiger partial charge on any atom is -0.363 e. The third-order valence-electron chi connectivity index (χ3n) is 7.95. The number of rotatable bonds is 9. The van der Waals surface area contributed by atoms with Gasteiger partial charge in [-0.15, -0.1) is 5.11 Å². The van der Waals surface area contributed by atoms with Crippen LogP contribution in [0.3, 0.4) is 0 Å². The Morgan fingerprint density at radius 3 is 1.72 bits per heavy atom. The maximum Gasteiger partial charge on any atom is 0.416 e. The van der Waals surface area contributed by atoms with E-state index in [0.29, 0.717) is 11.4 Å². The number of benzene rings is 5. The van der Waals surface area contributed by atoms with Gasteiger partial charge in [0, 0.05) is 34.6 Å². The highest BCUT2D eigenvalue weighted by atomic mass is 32.1. The predicted octanol–water partition coefficient (Wildman–Crippen LogP) is 11.0. The molecule has 7 nitrogen and oxygen atoms in total. The lowest BCUT2D eigenvalue weighted by Gasteiger charge is -2.17. The Morgan fingerprint density at radius 1 is 0.565 bits per heavy atom. The highest BCUT2D eigenvalue weighted by Gasteiger charge is 2.30. The van der Waals surface area contributed by atoms with Crippen molar-refractivity contribution in [1.29, 1.82) is 0 Å². The number of thiophene rings is 1. The van der Waals surface area contributed by atoms with Crippen LogP contribution in [-0.2, 0) is 6.18 Å². The number of azo groups is 1. The first-order valence-electron chi connectivity index (χ1n) is 14.9. The molecule has 11 heteroatoms. The standard InChI is InChI=1S/C35H30F3N7S/c36-35(37,38)23-11-13-24(14-12-23)39-40-29-15-16-30(26-8-2-1-7-25(26)29)41-42-31-17-18-32(28-10-4-3-9-27(28)31)43-44-33-19-20-34(46-33)45-21-5-6-22-45/h1-4,7-20,41-44H,5-6,21-22H2. The third-order valence-corrected chi connectivity index (χ3v) is 9.02. The molecule has 4 N–H and O–H groups in total. The molecule has 0 bridgehead atoms. The molecule has 6 aromatic rings. The highest BCUT2D eigenvalue weighted by molar-refractivity contribution is 7.20. The molecule has 1 saturated heterocycles. The third kappa shape index (κ3) is 6.27. The van der Waals surface area contributed by atoms with Crippen LogP contribution in [0, 0.1) is 0 Å². The molecular formula is C35H30F3N7S. The molecule has 2 heterocycles. The number of fused-ring (bicyclic) bond motifs is 2. The topological polar surface area (TPSA) is 76.1 Å². The van der Waals surface area contributed by atoms with Crippen molar-refractivity contribution in [2.45, 2.75) is 19.0 Å². The van der Waals surface area contributed by atoms with E-state index in [2.05, 4.69) is 61.1 Å². The lowest BCUT2D eigenvalue weighted by molar-refractivity contribution is -0.137. The maximum atomic E-state index is 12.9. The van der Waals surface area contributed by atoms with Crippen molar-refractivity contribution in [3.63, 3.8) is 0 Å². The zero-order chi connectivity index (χ0) is 31.5. The quantitative estimate of drug-likeness (QED) is 0.0937. The van der Waals surface area contributed by atoms with Crippen molar-refractivity contribution in [2.75, 3.05) is 39.7 Å². The molecule has 1 aliphatic rings. The smallest absolute Gasteiger partial charge is 0.363 e. The molecular weight excluding hydrogens is 607 g/mol. The molecule has 0 spiro atoms. The van der Waals surface area contributed by atoms with Gasteiger partial charge in [0.2, 0.25) is 0 Å². The first-order valence-corrected chi connectivity index (χ1v) is 15.8. The van der Waals surface area contributed by atoms with Crippen LogP contribution in [-0.4, -0.2) is 13.1 Å². The number of hydrogen-bond acceptors (Lipinski definition) is 8. The monoisotopic (exact) mass is 637 g/mol. The zero-order valence-corrected chi connectivity index (χ0v) is 25.4. The van der Waals surface area contributed by atoms with Gasteiger partial charge in [0.25, 0.3) is 0 Å². The molecule has 0 aliphatic carbocycles. The molecule has 0 radical (unpaired) electrons. The Bertz CT molecular complexity index is 2020. The van der Waals surface area contributed by atoms with Gasteiger partial charge in [-0.05, 0) is 73.5 Å². The first kappa shape index (κ1) is 29.4. The minimum atomic E-state index is -4.40. The van der Waals surface area contributed by atoms with E-state index in [4.69, 9.17) is 0 Å². The second-order valence-electron chi connectivity index (χ2n) is 11.0. The van der Waals surface area contributed by atoms with Crippen LogP contribution >= 0.6 is 11.3 Å². The number of anilines is 5. The lowest BCUT2D eigenvalue weighted by atomic mass is 10.1. The average molecular weight is 638 g/mol. The Labute approximate surface area is 267 Å². The molecule has 232 valence electrons. The van der Waals surface area contributed by atoms with Crippen LogP contribution in [0.1, 0.15) is 18.4 Å². The molecule has 1 aromatic heterocycles. The van der Waals surface area contributed by atoms with E-state index >= 15 is 0 Å². The van der Waals surface area contributed by atoms with Gasteiger partial charge in [-0.25, -0.2) is 0 Å². The van der Waals surface area contributed by atoms with Crippen molar-refractivity contribution in [3.8, 4) is 0 Å². The summed E-state index contributed by atoms with van der Waals surface area (Å²) in [7, 11) is 0. The van der Waals surface area contributed by atoms with Crippen molar-refractivity contribution in [1.82, 2.24) is 0 Å². The second-order valence-corrected chi connectivity index (χ2v) is 12.0. The van der Waals surface area contributed by atoms with E-state index < -0.39 is 11.7 Å². The van der Waals surface area contributed by atoms with Crippen LogP contribution in [0.4, 0.5) is 51.6 Å². The van der Waals surface area contributed by atoms with Gasteiger partial charge in [-0.1, -0.05) is 59.9 Å². The molecule has 0 atom stereocenters. The first-order chi connectivity index (χ1) is 22.4. The fraction of sp³-hybridized carbons (Fsp3) is 0.143. The molecule has 0 amide bonds. The van der Waals surface area contributed by atoms with E-state index in [1.54, 1.807) is 11.3 Å². The fourth-order valence-corrected chi connectivity index (χ4v) is 6.50. The molecule has 0 unspecified atom stereocenters. The van der Waals surface area contributed by atoms with Crippen LogP contribution in [0.2, 0.25) is 0 Å². The summed E-state index contributed by atoms with van der Waals surface area (Å²) in [4.78, 5) is 2.43. The van der Waals surface area contributed by atoms with Gasteiger partial charge in [-0.3, -0.25) is 10.9 Å². The fourth-order valence-electron chi connectivity index (χ4n) is 5.59. The largest absolute Gasteiger partial charge is 0.416 e. The summed E-state index contributed by atoms with van der Waals surface area (Å²) in [6.45, 7) is 2.25. The van der Waals surface area contributed by atoms with Gasteiger partial charge in [-0.2, -0.15) is 18.3 Å². The number of halogens is 3. The summed E-state index contributed by atoms with van der Waals surface area (Å²) in [6, 6.07) is 32.7. The highest BCUT2D eigenvalue weighted by Crippen LogP contribution is 2.36. The number of hydrogen-bond donors (Lipinski definition) is 4. The van der Waals surface area contributed by atoms with E-state index in [0.717, 1.165) is 68.8 Å². The Balaban J connectivity index is 1.07. The van der Waals surface area contributed by atoms with Crippen LogP contribution < -0.4 is 26.6 Å². The molecule has 5 aromatic carbocycles. The predicted molar refractivity (Wildman–Crippen MR) is 184 cm³/mol. The minimum absolute atomic E-state index is 0.336. The number of hydrazine groups is 2. The van der Waals surface area contributed by atoms with Gasteiger partial charge in [0.05, 0.1) is 39.0 Å². The number of nitrogens with zero attached hydrogens (tertiary/aromatic N) is 3. The Morgan fingerprint density at radius 2 is 1.11 bits per heavy atom. The van der Waals surface area contributed by atoms with Crippen molar-refractivity contribution >= 4 is 71.3 Å². The lowest BCUT2D eigenvalue weighted by Crippen LogP contribution is -2.15. The summed E-state index contributed by atoms with van der Waals surface area (Å²) < 4.78 is 38.7. The average Bonchev–Trinajstić information content (AvgIpc) is 3.79. The van der Waals surface area contributed by atoms with E-state index in [1.807, 2.05) is 60.7 Å². The Hall–Kier alpha value is -5.29. The van der Waals surface area contributed by atoms with Crippen molar-refractivity contribution in [3.05, 3.63) is 115 Å². The molecule has 7 rings (SSSR count). The van der Waals surface area contributed by atoms with Gasteiger partial charge in [0.1, 0.15) is 5.00 Å². The second kappa shape index (κ2) is 12.6. The van der Waals surface area contributed by atoms with Gasteiger partial charge in [0.15, 0.2) is 0 Å². The van der Waals surface area contributed by atoms with E-state index in [1.165, 1.54) is 30.0 Å².